The predicted octanol–water partition coefficient (Wildman–Crippen LogP) is 4.36. The summed E-state index contributed by atoms with van der Waals surface area (Å²) in [7, 11) is 0. The van der Waals surface area contributed by atoms with Crippen LogP contribution in [0.3, 0.4) is 0 Å². The van der Waals surface area contributed by atoms with Gasteiger partial charge in [-0.25, -0.2) is 0 Å². The minimum Gasteiger partial charge on any atom is -0.382 e. The summed E-state index contributed by atoms with van der Waals surface area (Å²) >= 11 is 9.19. The molecule has 0 amide bonds. The molecule has 0 heterocycles. The summed E-state index contributed by atoms with van der Waals surface area (Å²) in [6, 6.07) is 3.43. The van der Waals surface area contributed by atoms with Gasteiger partial charge in [-0.2, -0.15) is 0 Å². The molecule has 0 saturated heterocycles. The van der Waals surface area contributed by atoms with E-state index >= 15 is 0 Å². The van der Waals surface area contributed by atoms with Crippen molar-refractivity contribution in [2.75, 3.05) is 18.5 Å². The van der Waals surface area contributed by atoms with Gasteiger partial charge in [0, 0.05) is 16.0 Å². The van der Waals surface area contributed by atoms with Gasteiger partial charge in [-0.1, -0.05) is 11.6 Å². The number of alkyl halides is 3. The van der Waals surface area contributed by atoms with Crippen molar-refractivity contribution in [2.24, 2.45) is 0 Å². The van der Waals surface area contributed by atoms with Gasteiger partial charge in [0.2, 0.25) is 0 Å². The molecule has 0 bridgehead atoms. The monoisotopic (exact) mass is 331 g/mol. The molecule has 7 heteroatoms. The molecule has 17 heavy (non-hydrogen) atoms. The SMILES string of the molecule is Cc1cc(Br)c(NCCOC(F)(F)F)cc1Cl. The van der Waals surface area contributed by atoms with E-state index in [2.05, 4.69) is 26.0 Å². The first-order valence-corrected chi connectivity index (χ1v) is 5.87. The summed E-state index contributed by atoms with van der Waals surface area (Å²) in [4.78, 5) is 0. The zero-order valence-corrected chi connectivity index (χ0v) is 11.2. The minimum absolute atomic E-state index is 0.0392. The number of benzene rings is 1. The van der Waals surface area contributed by atoms with Crippen molar-refractivity contribution in [3.05, 3.63) is 27.2 Å². The lowest BCUT2D eigenvalue weighted by Gasteiger charge is -2.11. The third-order valence-corrected chi connectivity index (χ3v) is 2.99. The summed E-state index contributed by atoms with van der Waals surface area (Å²) in [5, 5.41) is 3.35. The van der Waals surface area contributed by atoms with Crippen LogP contribution in [0.2, 0.25) is 5.02 Å². The van der Waals surface area contributed by atoms with E-state index in [-0.39, 0.29) is 6.54 Å². The van der Waals surface area contributed by atoms with Gasteiger partial charge in [0.25, 0.3) is 0 Å². The van der Waals surface area contributed by atoms with E-state index in [0.717, 1.165) is 10.0 Å². The van der Waals surface area contributed by atoms with Crippen LogP contribution < -0.4 is 5.32 Å². The Morgan fingerprint density at radius 3 is 2.65 bits per heavy atom. The molecule has 0 fully saturated rings. The Morgan fingerprint density at radius 2 is 2.06 bits per heavy atom. The second kappa shape index (κ2) is 5.93. The fraction of sp³-hybridized carbons (Fsp3) is 0.400. The number of ether oxygens (including phenoxy) is 1. The summed E-state index contributed by atoms with van der Waals surface area (Å²) in [6.07, 6.45) is -4.59. The van der Waals surface area contributed by atoms with E-state index in [0.29, 0.717) is 10.7 Å². The Morgan fingerprint density at radius 1 is 1.41 bits per heavy atom. The fourth-order valence-electron chi connectivity index (χ4n) is 1.13. The number of hydrogen-bond donors (Lipinski definition) is 1. The molecular formula is C10H10BrClF3NO. The summed E-state index contributed by atoms with van der Waals surface area (Å²) in [6.45, 7) is 1.42. The summed E-state index contributed by atoms with van der Waals surface area (Å²) < 4.78 is 39.5. The smallest absolute Gasteiger partial charge is 0.382 e. The maximum Gasteiger partial charge on any atom is 0.522 e. The lowest BCUT2D eigenvalue weighted by molar-refractivity contribution is -0.322. The van der Waals surface area contributed by atoms with Crippen molar-refractivity contribution >= 4 is 33.2 Å². The Balaban J connectivity index is 2.50. The average molecular weight is 333 g/mol. The van der Waals surface area contributed by atoms with Crippen LogP contribution in [0.1, 0.15) is 5.56 Å². The van der Waals surface area contributed by atoms with Crippen molar-refractivity contribution in [3.63, 3.8) is 0 Å². The van der Waals surface area contributed by atoms with Crippen molar-refractivity contribution in [2.45, 2.75) is 13.3 Å². The number of nitrogens with one attached hydrogen (secondary N) is 1. The molecule has 0 aliphatic rings. The maximum absolute atomic E-state index is 11.7. The number of halogens is 5. The molecule has 1 rings (SSSR count). The molecule has 1 N–H and O–H groups in total. The quantitative estimate of drug-likeness (QED) is 0.827. The average Bonchev–Trinajstić information content (AvgIpc) is 2.18. The Labute approximate surface area is 110 Å². The fourth-order valence-corrected chi connectivity index (χ4v) is 1.90. The molecule has 0 aliphatic carbocycles. The molecular weight excluding hydrogens is 322 g/mol. The predicted molar refractivity (Wildman–Crippen MR) is 64.4 cm³/mol. The van der Waals surface area contributed by atoms with Crippen molar-refractivity contribution in [1.29, 1.82) is 0 Å². The number of anilines is 1. The first kappa shape index (κ1) is 14.6. The van der Waals surface area contributed by atoms with Gasteiger partial charge in [-0.05, 0) is 40.5 Å². The largest absolute Gasteiger partial charge is 0.522 e. The van der Waals surface area contributed by atoms with E-state index in [1.807, 2.05) is 6.92 Å². The van der Waals surface area contributed by atoms with Crippen LogP contribution in [-0.2, 0) is 4.74 Å². The van der Waals surface area contributed by atoms with Gasteiger partial charge in [-0.3, -0.25) is 4.74 Å². The maximum atomic E-state index is 11.7. The highest BCUT2D eigenvalue weighted by Crippen LogP contribution is 2.29. The Kier molecular flexibility index (Phi) is 5.09. The van der Waals surface area contributed by atoms with Gasteiger partial charge in [0.05, 0.1) is 12.3 Å². The van der Waals surface area contributed by atoms with Crippen LogP contribution in [0.15, 0.2) is 16.6 Å². The van der Waals surface area contributed by atoms with Crippen LogP contribution in [0.25, 0.3) is 0 Å². The standard InChI is InChI=1S/C10H10BrClF3NO/c1-6-4-7(11)9(5-8(6)12)16-2-3-17-10(13,14)15/h4-5,16H,2-3H2,1H3. The second-order valence-electron chi connectivity index (χ2n) is 3.30. The van der Waals surface area contributed by atoms with Crippen LogP contribution in [0, 0.1) is 6.92 Å². The lowest BCUT2D eigenvalue weighted by Crippen LogP contribution is -2.19. The van der Waals surface area contributed by atoms with E-state index in [4.69, 9.17) is 11.6 Å². The summed E-state index contributed by atoms with van der Waals surface area (Å²) in [5.41, 5.74) is 1.52. The third-order valence-electron chi connectivity index (χ3n) is 1.93. The first-order chi connectivity index (χ1) is 7.79. The van der Waals surface area contributed by atoms with Crippen LogP contribution in [0.5, 0.6) is 0 Å². The summed E-state index contributed by atoms with van der Waals surface area (Å²) in [5.74, 6) is 0. The zero-order chi connectivity index (χ0) is 13.1. The van der Waals surface area contributed by atoms with E-state index in [9.17, 15) is 13.2 Å². The molecule has 0 saturated carbocycles. The molecule has 1 aromatic rings. The van der Waals surface area contributed by atoms with E-state index < -0.39 is 13.0 Å². The third kappa shape index (κ3) is 5.14. The van der Waals surface area contributed by atoms with Gasteiger partial charge in [-0.15, -0.1) is 13.2 Å². The van der Waals surface area contributed by atoms with E-state index in [1.54, 1.807) is 12.1 Å². The Bertz CT molecular complexity index is 398. The van der Waals surface area contributed by atoms with Crippen LogP contribution >= 0.6 is 27.5 Å². The highest BCUT2D eigenvalue weighted by molar-refractivity contribution is 9.10. The molecule has 1 aromatic carbocycles. The molecule has 2 nitrogen and oxygen atoms in total. The molecule has 0 atom stereocenters. The minimum atomic E-state index is -4.59. The van der Waals surface area contributed by atoms with Crippen LogP contribution in [0.4, 0.5) is 18.9 Å². The Hall–Kier alpha value is -0.460. The molecule has 0 spiro atoms. The number of rotatable bonds is 4. The van der Waals surface area contributed by atoms with E-state index in [1.165, 1.54) is 0 Å². The van der Waals surface area contributed by atoms with Gasteiger partial charge in [0.15, 0.2) is 0 Å². The highest BCUT2D eigenvalue weighted by atomic mass is 79.9. The van der Waals surface area contributed by atoms with Crippen LogP contribution in [-0.4, -0.2) is 19.5 Å². The van der Waals surface area contributed by atoms with Crippen molar-refractivity contribution in [3.8, 4) is 0 Å². The van der Waals surface area contributed by atoms with Gasteiger partial charge in [0.1, 0.15) is 0 Å². The molecule has 0 aliphatic heterocycles. The molecule has 96 valence electrons. The molecule has 0 radical (unpaired) electrons. The second-order valence-corrected chi connectivity index (χ2v) is 4.56. The van der Waals surface area contributed by atoms with Crippen molar-refractivity contribution < 1.29 is 17.9 Å². The van der Waals surface area contributed by atoms with Crippen molar-refractivity contribution in [1.82, 2.24) is 0 Å². The normalized spacial score (nSPS) is 11.6. The molecule has 0 aromatic heterocycles. The topological polar surface area (TPSA) is 21.3 Å². The zero-order valence-electron chi connectivity index (χ0n) is 8.87. The van der Waals surface area contributed by atoms with Gasteiger partial charge < -0.3 is 5.32 Å². The first-order valence-electron chi connectivity index (χ1n) is 4.70. The highest BCUT2D eigenvalue weighted by Gasteiger charge is 2.28. The molecule has 0 unspecified atom stereocenters. The lowest BCUT2D eigenvalue weighted by atomic mass is 10.2. The number of hydrogen-bond acceptors (Lipinski definition) is 2. The van der Waals surface area contributed by atoms with Gasteiger partial charge >= 0.3 is 6.36 Å². The number of aryl methyl sites for hydroxylation is 1.